The number of amides is 1. The van der Waals surface area contributed by atoms with Crippen LogP contribution < -0.4 is 15.8 Å². The maximum Gasteiger partial charge on any atom is 0.262 e. The highest BCUT2D eigenvalue weighted by Gasteiger charge is 2.11. The molecule has 4 nitrogen and oxygen atoms in total. The van der Waals surface area contributed by atoms with Gasteiger partial charge in [0.05, 0.1) is 10.0 Å². The van der Waals surface area contributed by atoms with Crippen molar-refractivity contribution in [2.24, 2.45) is 0 Å². The highest BCUT2D eigenvalue weighted by atomic mass is 35.5. The monoisotopic (exact) mass is 310 g/mol. The number of benzene rings is 2. The first-order valence-electron chi connectivity index (χ1n) is 5.78. The van der Waals surface area contributed by atoms with Crippen molar-refractivity contribution in [1.29, 1.82) is 0 Å². The number of carbonyl (C=O) groups excluding carboxylic acids is 1. The summed E-state index contributed by atoms with van der Waals surface area (Å²) in [4.78, 5) is 11.7. The second-order valence-electron chi connectivity index (χ2n) is 4.02. The molecule has 104 valence electrons. The Morgan fingerprint density at radius 3 is 2.35 bits per heavy atom. The van der Waals surface area contributed by atoms with Crippen molar-refractivity contribution in [2.75, 3.05) is 17.7 Å². The topological polar surface area (TPSA) is 64.3 Å². The van der Waals surface area contributed by atoms with E-state index >= 15 is 0 Å². The minimum absolute atomic E-state index is 0.196. The Morgan fingerprint density at radius 1 is 1.15 bits per heavy atom. The summed E-state index contributed by atoms with van der Waals surface area (Å²) in [5.74, 6) is -0.0640. The first-order valence-corrected chi connectivity index (χ1v) is 6.54. The quantitative estimate of drug-likeness (QED) is 0.848. The molecule has 2 rings (SSSR count). The molecule has 2 aromatic rings. The molecular formula is C14H12Cl2N2O2. The van der Waals surface area contributed by atoms with Crippen molar-refractivity contribution in [3.05, 3.63) is 52.5 Å². The fourth-order valence-electron chi connectivity index (χ4n) is 1.57. The van der Waals surface area contributed by atoms with Crippen LogP contribution in [0.5, 0.6) is 5.75 Å². The molecule has 0 aliphatic rings. The van der Waals surface area contributed by atoms with E-state index < -0.39 is 0 Å². The molecule has 0 radical (unpaired) electrons. The molecule has 0 unspecified atom stereocenters. The molecule has 2 aromatic carbocycles. The lowest BCUT2D eigenvalue weighted by molar-refractivity contribution is -0.118. The summed E-state index contributed by atoms with van der Waals surface area (Å²) in [6.45, 7) is -0.196. The molecule has 1 amide bonds. The fraction of sp³-hybridized carbons (Fsp3) is 0.0714. The smallest absolute Gasteiger partial charge is 0.262 e. The molecule has 0 spiro atoms. The lowest BCUT2D eigenvalue weighted by Crippen LogP contribution is -2.20. The number of para-hydroxylation sites is 1. The summed E-state index contributed by atoms with van der Waals surface area (Å²) in [6, 6.07) is 12.1. The molecule has 0 aromatic heterocycles. The zero-order chi connectivity index (χ0) is 14.5. The summed E-state index contributed by atoms with van der Waals surface area (Å²) in [5, 5.41) is 3.22. The third kappa shape index (κ3) is 3.79. The van der Waals surface area contributed by atoms with E-state index in [0.29, 0.717) is 11.4 Å². The van der Waals surface area contributed by atoms with Gasteiger partial charge in [-0.25, -0.2) is 0 Å². The zero-order valence-corrected chi connectivity index (χ0v) is 11.9. The van der Waals surface area contributed by atoms with Gasteiger partial charge in [-0.3, -0.25) is 4.79 Å². The number of hydrogen-bond donors (Lipinski definition) is 2. The number of nitrogens with two attached hydrogens (primary N) is 1. The maximum absolute atomic E-state index is 11.7. The molecule has 0 saturated carbocycles. The van der Waals surface area contributed by atoms with E-state index in [0.717, 1.165) is 0 Å². The van der Waals surface area contributed by atoms with Gasteiger partial charge in [0.2, 0.25) is 0 Å². The molecule has 3 N–H and O–H groups in total. The Bertz CT molecular complexity index is 595. The summed E-state index contributed by atoms with van der Waals surface area (Å²) in [7, 11) is 0. The minimum Gasteiger partial charge on any atom is -0.481 e. The van der Waals surface area contributed by atoms with Crippen molar-refractivity contribution >= 4 is 40.5 Å². The van der Waals surface area contributed by atoms with Crippen LogP contribution in [0.25, 0.3) is 0 Å². The van der Waals surface area contributed by atoms with Gasteiger partial charge in [0.15, 0.2) is 12.4 Å². The van der Waals surface area contributed by atoms with Gasteiger partial charge in [-0.15, -0.1) is 0 Å². The molecular weight excluding hydrogens is 299 g/mol. The van der Waals surface area contributed by atoms with Crippen LogP contribution in [0.1, 0.15) is 0 Å². The molecule has 0 fully saturated rings. The average Bonchev–Trinajstić information content (AvgIpc) is 2.38. The van der Waals surface area contributed by atoms with Gasteiger partial charge in [-0.05, 0) is 24.3 Å². The zero-order valence-electron chi connectivity index (χ0n) is 10.4. The van der Waals surface area contributed by atoms with Crippen molar-refractivity contribution in [2.45, 2.75) is 0 Å². The third-order valence-electron chi connectivity index (χ3n) is 2.43. The van der Waals surface area contributed by atoms with E-state index in [1.54, 1.807) is 12.1 Å². The number of halogens is 2. The summed E-state index contributed by atoms with van der Waals surface area (Å²) < 4.78 is 5.33. The van der Waals surface area contributed by atoms with Crippen LogP contribution in [-0.4, -0.2) is 12.5 Å². The normalized spacial score (nSPS) is 10.1. The van der Waals surface area contributed by atoms with Gasteiger partial charge in [-0.1, -0.05) is 41.4 Å². The standard InChI is InChI=1S/C14H12Cl2N2O2/c15-11-6-9(17)7-12(16)14(11)20-8-13(19)18-10-4-2-1-3-5-10/h1-7H,8,17H2,(H,18,19). The van der Waals surface area contributed by atoms with Crippen LogP contribution in [0.15, 0.2) is 42.5 Å². The van der Waals surface area contributed by atoms with Crippen LogP contribution in [-0.2, 0) is 4.79 Å². The van der Waals surface area contributed by atoms with Gasteiger partial charge in [0, 0.05) is 11.4 Å². The Morgan fingerprint density at radius 2 is 1.75 bits per heavy atom. The second-order valence-corrected chi connectivity index (χ2v) is 4.83. The first-order chi connectivity index (χ1) is 9.56. The number of nitrogen functional groups attached to an aromatic ring is 1. The number of rotatable bonds is 4. The highest BCUT2D eigenvalue weighted by Crippen LogP contribution is 2.34. The van der Waals surface area contributed by atoms with Crippen molar-refractivity contribution < 1.29 is 9.53 Å². The summed E-state index contributed by atoms with van der Waals surface area (Å²) >= 11 is 11.9. The predicted molar refractivity (Wildman–Crippen MR) is 81.4 cm³/mol. The molecule has 0 aliphatic carbocycles. The fourth-order valence-corrected chi connectivity index (χ4v) is 2.19. The largest absolute Gasteiger partial charge is 0.481 e. The van der Waals surface area contributed by atoms with Gasteiger partial charge in [0.1, 0.15) is 0 Å². The van der Waals surface area contributed by atoms with Crippen molar-refractivity contribution in [1.82, 2.24) is 0 Å². The average molecular weight is 311 g/mol. The number of nitrogens with one attached hydrogen (secondary N) is 1. The minimum atomic E-state index is -0.305. The Hall–Kier alpha value is -1.91. The molecule has 0 atom stereocenters. The van der Waals surface area contributed by atoms with E-state index in [2.05, 4.69) is 5.32 Å². The summed E-state index contributed by atoms with van der Waals surface area (Å²) in [6.07, 6.45) is 0. The molecule has 0 bridgehead atoms. The lowest BCUT2D eigenvalue weighted by Gasteiger charge is -2.11. The Balaban J connectivity index is 1.97. The number of ether oxygens (including phenoxy) is 1. The van der Waals surface area contributed by atoms with Gasteiger partial charge < -0.3 is 15.8 Å². The summed E-state index contributed by atoms with van der Waals surface area (Å²) in [5.41, 5.74) is 6.70. The highest BCUT2D eigenvalue weighted by molar-refractivity contribution is 6.37. The van der Waals surface area contributed by atoms with Crippen LogP contribution in [0.4, 0.5) is 11.4 Å². The van der Waals surface area contributed by atoms with Gasteiger partial charge in [-0.2, -0.15) is 0 Å². The number of hydrogen-bond acceptors (Lipinski definition) is 3. The number of carbonyl (C=O) groups is 1. The van der Waals surface area contributed by atoms with E-state index in [1.807, 2.05) is 18.2 Å². The van der Waals surface area contributed by atoms with Crippen LogP contribution in [0.3, 0.4) is 0 Å². The SMILES string of the molecule is Nc1cc(Cl)c(OCC(=O)Nc2ccccc2)c(Cl)c1. The van der Waals surface area contributed by atoms with Crippen molar-refractivity contribution in [3.8, 4) is 5.75 Å². The van der Waals surface area contributed by atoms with Gasteiger partial charge in [0.25, 0.3) is 5.91 Å². The van der Waals surface area contributed by atoms with Gasteiger partial charge >= 0.3 is 0 Å². The molecule has 0 saturated heterocycles. The molecule has 0 heterocycles. The van der Waals surface area contributed by atoms with Crippen molar-refractivity contribution in [3.63, 3.8) is 0 Å². The molecule has 0 aliphatic heterocycles. The molecule has 20 heavy (non-hydrogen) atoms. The lowest BCUT2D eigenvalue weighted by atomic mass is 10.3. The van der Waals surface area contributed by atoms with Crippen LogP contribution in [0, 0.1) is 0 Å². The Kier molecular flexibility index (Phi) is 4.71. The van der Waals surface area contributed by atoms with E-state index in [9.17, 15) is 4.79 Å². The van der Waals surface area contributed by atoms with Crippen LogP contribution >= 0.6 is 23.2 Å². The first kappa shape index (κ1) is 14.5. The van der Waals surface area contributed by atoms with E-state index in [4.69, 9.17) is 33.7 Å². The second kappa shape index (κ2) is 6.50. The van der Waals surface area contributed by atoms with E-state index in [-0.39, 0.29) is 28.3 Å². The van der Waals surface area contributed by atoms with E-state index in [1.165, 1.54) is 12.1 Å². The molecule has 6 heteroatoms. The number of anilines is 2. The predicted octanol–water partition coefficient (Wildman–Crippen LogP) is 3.59. The maximum atomic E-state index is 11.7. The van der Waals surface area contributed by atoms with Crippen LogP contribution in [0.2, 0.25) is 10.0 Å². The Labute approximate surface area is 126 Å². The third-order valence-corrected chi connectivity index (χ3v) is 2.99.